The Bertz CT molecular complexity index is 602. The molecule has 1 amide bonds. The van der Waals surface area contributed by atoms with E-state index in [0.29, 0.717) is 19.5 Å². The van der Waals surface area contributed by atoms with E-state index in [1.807, 2.05) is 30.3 Å². The van der Waals surface area contributed by atoms with Crippen LogP contribution >= 0.6 is 0 Å². The van der Waals surface area contributed by atoms with Gasteiger partial charge in [0.25, 0.3) is 0 Å². The van der Waals surface area contributed by atoms with E-state index in [1.54, 1.807) is 0 Å². The van der Waals surface area contributed by atoms with Crippen LogP contribution in [0, 0.1) is 5.92 Å². The van der Waals surface area contributed by atoms with Gasteiger partial charge in [-0.15, -0.1) is 0 Å². The molecule has 0 radical (unpaired) electrons. The number of piperazine rings is 1. The van der Waals surface area contributed by atoms with E-state index in [1.165, 1.54) is 0 Å². The van der Waals surface area contributed by atoms with E-state index < -0.39 is 5.60 Å². The van der Waals surface area contributed by atoms with Gasteiger partial charge in [0, 0.05) is 38.1 Å². The van der Waals surface area contributed by atoms with E-state index in [-0.39, 0.29) is 23.9 Å². The molecule has 0 spiro atoms. The first-order valence-electron chi connectivity index (χ1n) is 9.72. The third-order valence-corrected chi connectivity index (χ3v) is 6.37. The number of nitrogens with zero attached hydrogens (tertiary/aromatic N) is 1. The minimum absolute atomic E-state index is 0.126. The second-order valence-electron chi connectivity index (χ2n) is 7.74. The molecule has 3 fully saturated rings. The Kier molecular flexibility index (Phi) is 4.80. The number of nitrogens with one attached hydrogen (secondary N) is 2. The zero-order valence-corrected chi connectivity index (χ0v) is 14.8. The molecule has 1 aliphatic carbocycles. The highest BCUT2D eigenvalue weighted by Gasteiger charge is 2.50. The number of likely N-dealkylation sites (tertiary alicyclic amines) is 1. The fourth-order valence-electron chi connectivity index (χ4n) is 5.07. The fraction of sp³-hybridized carbons (Fsp3) is 0.650. The van der Waals surface area contributed by atoms with Crippen molar-refractivity contribution >= 4 is 5.91 Å². The fourth-order valence-corrected chi connectivity index (χ4v) is 5.07. The summed E-state index contributed by atoms with van der Waals surface area (Å²) in [7, 11) is 0. The molecule has 2 aliphatic heterocycles. The van der Waals surface area contributed by atoms with Gasteiger partial charge in [0.1, 0.15) is 0 Å². The number of piperidine rings is 1. The van der Waals surface area contributed by atoms with E-state index in [0.717, 1.165) is 44.3 Å². The summed E-state index contributed by atoms with van der Waals surface area (Å²) in [6.07, 6.45) is 4.92. The van der Waals surface area contributed by atoms with Gasteiger partial charge in [-0.3, -0.25) is 4.79 Å². The van der Waals surface area contributed by atoms with Gasteiger partial charge >= 0.3 is 0 Å². The molecule has 1 aromatic rings. The van der Waals surface area contributed by atoms with Gasteiger partial charge in [0.2, 0.25) is 5.91 Å². The number of carbonyl (C=O) groups excluding carboxylic acids is 1. The summed E-state index contributed by atoms with van der Waals surface area (Å²) in [6, 6.07) is 10.1. The standard InChI is InChI=1S/C20H29N3O2/c24-19(17-14-21-11-12-22-17)23-13-10-20(25,15-6-2-1-3-7-15)16-8-4-5-9-18(16)23/h1-3,6-7,16-18,21-22,25H,4-5,8-14H2/t16-,17?,18+,20?/m1/s1. The van der Waals surface area contributed by atoms with Crippen LogP contribution in [0.25, 0.3) is 0 Å². The van der Waals surface area contributed by atoms with E-state index >= 15 is 0 Å². The lowest BCUT2D eigenvalue weighted by Crippen LogP contribution is -2.64. The lowest BCUT2D eigenvalue weighted by Gasteiger charge is -2.53. The highest BCUT2D eigenvalue weighted by Crippen LogP contribution is 2.47. The quantitative estimate of drug-likeness (QED) is 0.756. The molecule has 2 heterocycles. The van der Waals surface area contributed by atoms with Gasteiger partial charge in [-0.1, -0.05) is 43.2 Å². The van der Waals surface area contributed by atoms with E-state index in [9.17, 15) is 9.90 Å². The molecule has 4 atom stereocenters. The van der Waals surface area contributed by atoms with E-state index in [2.05, 4.69) is 15.5 Å². The molecule has 3 aliphatic rings. The highest BCUT2D eigenvalue weighted by atomic mass is 16.3. The predicted molar refractivity (Wildman–Crippen MR) is 97.1 cm³/mol. The van der Waals surface area contributed by atoms with Crippen molar-refractivity contribution in [2.24, 2.45) is 5.92 Å². The molecule has 4 rings (SSSR count). The van der Waals surface area contributed by atoms with Gasteiger partial charge in [-0.2, -0.15) is 0 Å². The third kappa shape index (κ3) is 3.09. The van der Waals surface area contributed by atoms with Crippen LogP contribution in [-0.4, -0.2) is 54.2 Å². The van der Waals surface area contributed by atoms with Crippen molar-refractivity contribution in [1.82, 2.24) is 15.5 Å². The number of rotatable bonds is 2. The van der Waals surface area contributed by atoms with Crippen molar-refractivity contribution in [3.63, 3.8) is 0 Å². The van der Waals surface area contributed by atoms with Gasteiger partial charge < -0.3 is 20.6 Å². The second kappa shape index (κ2) is 7.06. The lowest BCUT2D eigenvalue weighted by molar-refractivity contribution is -0.157. The van der Waals surface area contributed by atoms with Crippen LogP contribution in [0.15, 0.2) is 30.3 Å². The molecule has 2 unspecified atom stereocenters. The minimum Gasteiger partial charge on any atom is -0.385 e. The Morgan fingerprint density at radius 3 is 2.72 bits per heavy atom. The van der Waals surface area contributed by atoms with Crippen LogP contribution < -0.4 is 10.6 Å². The summed E-state index contributed by atoms with van der Waals surface area (Å²) >= 11 is 0. The van der Waals surface area contributed by atoms with Crippen molar-refractivity contribution in [2.45, 2.75) is 49.8 Å². The molecule has 0 aromatic heterocycles. The Hall–Kier alpha value is -1.43. The average Bonchev–Trinajstić information content (AvgIpc) is 2.69. The van der Waals surface area contributed by atoms with Crippen molar-refractivity contribution in [2.75, 3.05) is 26.2 Å². The smallest absolute Gasteiger partial charge is 0.241 e. The SMILES string of the molecule is O=C(C1CNCCN1)N1CCC(O)(c2ccccc2)[C@@H]2CCCC[C@@H]21. The van der Waals surface area contributed by atoms with Gasteiger partial charge in [0.05, 0.1) is 11.6 Å². The zero-order valence-electron chi connectivity index (χ0n) is 14.8. The topological polar surface area (TPSA) is 64.6 Å². The molecule has 3 N–H and O–H groups in total. The van der Waals surface area contributed by atoms with Gasteiger partial charge in [-0.25, -0.2) is 0 Å². The monoisotopic (exact) mass is 343 g/mol. The Labute approximate surface area is 149 Å². The van der Waals surface area contributed by atoms with E-state index in [4.69, 9.17) is 0 Å². The minimum atomic E-state index is -0.804. The van der Waals surface area contributed by atoms with Gasteiger partial charge in [-0.05, 0) is 24.8 Å². The molecule has 1 aromatic carbocycles. The van der Waals surface area contributed by atoms with Crippen LogP contribution in [0.3, 0.4) is 0 Å². The molecular formula is C20H29N3O2. The zero-order chi connectivity index (χ0) is 17.3. The van der Waals surface area contributed by atoms with Crippen LogP contribution in [0.5, 0.6) is 0 Å². The Balaban J connectivity index is 1.59. The molecule has 5 heteroatoms. The molecule has 5 nitrogen and oxygen atoms in total. The number of aliphatic hydroxyl groups is 1. The first kappa shape index (κ1) is 17.0. The summed E-state index contributed by atoms with van der Waals surface area (Å²) in [5.74, 6) is 0.345. The lowest BCUT2D eigenvalue weighted by atomic mass is 9.66. The largest absolute Gasteiger partial charge is 0.385 e. The molecular weight excluding hydrogens is 314 g/mol. The van der Waals surface area contributed by atoms with Gasteiger partial charge in [0.15, 0.2) is 0 Å². The van der Waals surface area contributed by atoms with Crippen molar-refractivity contribution in [3.8, 4) is 0 Å². The molecule has 136 valence electrons. The first-order chi connectivity index (χ1) is 12.2. The van der Waals surface area contributed by atoms with Crippen LogP contribution in [0.4, 0.5) is 0 Å². The number of hydrogen-bond donors (Lipinski definition) is 3. The molecule has 25 heavy (non-hydrogen) atoms. The number of hydrogen-bond acceptors (Lipinski definition) is 4. The van der Waals surface area contributed by atoms with Crippen LogP contribution in [-0.2, 0) is 10.4 Å². The molecule has 1 saturated carbocycles. The van der Waals surface area contributed by atoms with Crippen LogP contribution in [0.2, 0.25) is 0 Å². The summed E-state index contributed by atoms with van der Waals surface area (Å²) in [5.41, 5.74) is 0.206. The first-order valence-corrected chi connectivity index (χ1v) is 9.72. The van der Waals surface area contributed by atoms with Crippen molar-refractivity contribution < 1.29 is 9.90 Å². The summed E-state index contributed by atoms with van der Waals surface area (Å²) in [5, 5.41) is 18.2. The summed E-state index contributed by atoms with van der Waals surface area (Å²) < 4.78 is 0. The normalized spacial score (nSPS) is 35.9. The number of benzene rings is 1. The molecule has 0 bridgehead atoms. The average molecular weight is 343 g/mol. The van der Waals surface area contributed by atoms with Crippen LogP contribution in [0.1, 0.15) is 37.7 Å². The highest BCUT2D eigenvalue weighted by molar-refractivity contribution is 5.83. The summed E-state index contributed by atoms with van der Waals surface area (Å²) in [4.78, 5) is 15.2. The molecule has 2 saturated heterocycles. The summed E-state index contributed by atoms with van der Waals surface area (Å²) in [6.45, 7) is 3.11. The third-order valence-electron chi connectivity index (χ3n) is 6.37. The Morgan fingerprint density at radius 1 is 1.16 bits per heavy atom. The number of carbonyl (C=O) groups is 1. The maximum atomic E-state index is 13.1. The Morgan fingerprint density at radius 2 is 1.96 bits per heavy atom. The number of amides is 1. The maximum absolute atomic E-state index is 13.1. The predicted octanol–water partition coefficient (Wildman–Crippen LogP) is 1.23. The van der Waals surface area contributed by atoms with Crippen molar-refractivity contribution in [1.29, 1.82) is 0 Å². The number of fused-ring (bicyclic) bond motifs is 1. The second-order valence-corrected chi connectivity index (χ2v) is 7.74. The maximum Gasteiger partial charge on any atom is 0.241 e. The van der Waals surface area contributed by atoms with Crippen molar-refractivity contribution in [3.05, 3.63) is 35.9 Å².